The van der Waals surface area contributed by atoms with Crippen molar-refractivity contribution in [2.24, 2.45) is 0 Å². The molecule has 2 atom stereocenters. The van der Waals surface area contributed by atoms with E-state index in [9.17, 15) is 4.79 Å². The molecule has 2 unspecified atom stereocenters. The zero-order valence-electron chi connectivity index (χ0n) is 11.7. The van der Waals surface area contributed by atoms with Crippen molar-refractivity contribution in [3.05, 3.63) is 0 Å². The van der Waals surface area contributed by atoms with Crippen molar-refractivity contribution in [3.8, 4) is 0 Å². The smallest absolute Gasteiger partial charge is 0.238 e. The zero-order chi connectivity index (χ0) is 12.8. The van der Waals surface area contributed by atoms with Crippen LogP contribution in [0, 0.1) is 0 Å². The van der Waals surface area contributed by atoms with E-state index >= 15 is 0 Å². The summed E-state index contributed by atoms with van der Waals surface area (Å²) in [5, 5.41) is 3.38. The number of nitrogens with one attached hydrogen (secondary N) is 1. The summed E-state index contributed by atoms with van der Waals surface area (Å²) >= 11 is 0. The lowest BCUT2D eigenvalue weighted by atomic mass is 10.1. The second-order valence-corrected chi connectivity index (χ2v) is 5.38. The molecule has 4 heteroatoms. The summed E-state index contributed by atoms with van der Waals surface area (Å²) in [5.74, 6) is 0.149. The van der Waals surface area contributed by atoms with Gasteiger partial charge in [0.2, 0.25) is 5.91 Å². The van der Waals surface area contributed by atoms with Gasteiger partial charge in [0, 0.05) is 26.7 Å². The monoisotopic (exact) mass is 241 g/mol. The quantitative estimate of drug-likeness (QED) is 0.778. The van der Waals surface area contributed by atoms with Crippen molar-refractivity contribution in [3.63, 3.8) is 0 Å². The van der Waals surface area contributed by atoms with E-state index in [1.54, 1.807) is 19.0 Å². The van der Waals surface area contributed by atoms with Crippen LogP contribution in [0.2, 0.25) is 0 Å². The van der Waals surface area contributed by atoms with Crippen molar-refractivity contribution in [2.45, 2.75) is 45.2 Å². The molecule has 0 saturated carbocycles. The first-order valence-electron chi connectivity index (χ1n) is 6.70. The Kier molecular flexibility index (Phi) is 5.92. The van der Waals surface area contributed by atoms with Crippen LogP contribution in [0.3, 0.4) is 0 Å². The van der Waals surface area contributed by atoms with Crippen molar-refractivity contribution in [1.29, 1.82) is 0 Å². The normalized spacial score (nSPS) is 20.9. The van der Waals surface area contributed by atoms with Gasteiger partial charge >= 0.3 is 0 Å². The van der Waals surface area contributed by atoms with Crippen molar-refractivity contribution in [2.75, 3.05) is 33.7 Å². The molecule has 1 aliphatic heterocycles. The number of hydrogen-bond acceptors (Lipinski definition) is 3. The molecule has 0 spiro atoms. The van der Waals surface area contributed by atoms with E-state index < -0.39 is 0 Å². The van der Waals surface area contributed by atoms with Crippen molar-refractivity contribution in [1.82, 2.24) is 15.1 Å². The van der Waals surface area contributed by atoms with Gasteiger partial charge in [-0.3, -0.25) is 4.79 Å². The minimum Gasteiger partial charge on any atom is -0.347 e. The Morgan fingerprint density at radius 2 is 1.82 bits per heavy atom. The maximum Gasteiger partial charge on any atom is 0.238 e. The molecule has 100 valence electrons. The fourth-order valence-electron chi connectivity index (χ4n) is 2.47. The largest absolute Gasteiger partial charge is 0.347 e. The number of carbonyl (C=O) groups excluding carboxylic acids is 1. The first kappa shape index (κ1) is 14.5. The van der Waals surface area contributed by atoms with Gasteiger partial charge in [-0.15, -0.1) is 0 Å². The lowest BCUT2D eigenvalue weighted by Crippen LogP contribution is -2.49. The number of amides is 1. The third-order valence-electron chi connectivity index (χ3n) is 3.33. The third-order valence-corrected chi connectivity index (χ3v) is 3.33. The molecule has 1 amide bonds. The predicted molar refractivity (Wildman–Crippen MR) is 71.0 cm³/mol. The Morgan fingerprint density at radius 3 is 2.35 bits per heavy atom. The second kappa shape index (κ2) is 6.97. The molecule has 4 nitrogen and oxygen atoms in total. The van der Waals surface area contributed by atoms with Crippen LogP contribution in [-0.4, -0.2) is 61.5 Å². The van der Waals surface area contributed by atoms with Crippen LogP contribution in [0.4, 0.5) is 0 Å². The van der Waals surface area contributed by atoms with Gasteiger partial charge < -0.3 is 15.1 Å². The lowest BCUT2D eigenvalue weighted by molar-refractivity contribution is -0.130. The van der Waals surface area contributed by atoms with Crippen LogP contribution in [0.15, 0.2) is 0 Å². The average molecular weight is 241 g/mol. The van der Waals surface area contributed by atoms with E-state index in [2.05, 4.69) is 17.1 Å². The van der Waals surface area contributed by atoms with E-state index in [-0.39, 0.29) is 11.9 Å². The van der Waals surface area contributed by atoms with E-state index in [1.165, 1.54) is 32.4 Å². The SMILES string of the molecule is CC(CN1CCCCC1)NC(C)C(=O)N(C)C. The molecular weight excluding hydrogens is 214 g/mol. The highest BCUT2D eigenvalue weighted by Gasteiger charge is 2.19. The molecule has 0 aromatic heterocycles. The number of hydrogen-bond donors (Lipinski definition) is 1. The molecule has 1 rings (SSSR count). The molecule has 0 radical (unpaired) electrons. The third kappa shape index (κ3) is 5.04. The summed E-state index contributed by atoms with van der Waals surface area (Å²) < 4.78 is 0. The van der Waals surface area contributed by atoms with E-state index in [0.717, 1.165) is 6.54 Å². The van der Waals surface area contributed by atoms with Crippen LogP contribution >= 0.6 is 0 Å². The maximum atomic E-state index is 11.7. The van der Waals surface area contributed by atoms with Gasteiger partial charge in [-0.2, -0.15) is 0 Å². The first-order valence-corrected chi connectivity index (χ1v) is 6.70. The number of carbonyl (C=O) groups is 1. The fraction of sp³-hybridized carbons (Fsp3) is 0.923. The van der Waals surface area contributed by atoms with Gasteiger partial charge in [0.05, 0.1) is 6.04 Å². The number of likely N-dealkylation sites (tertiary alicyclic amines) is 1. The molecule has 0 aromatic carbocycles. The average Bonchev–Trinajstić information content (AvgIpc) is 2.28. The second-order valence-electron chi connectivity index (χ2n) is 5.38. The highest BCUT2D eigenvalue weighted by Crippen LogP contribution is 2.08. The molecule has 1 heterocycles. The standard InChI is InChI=1S/C13H27N3O/c1-11(10-16-8-6-5-7-9-16)14-12(2)13(17)15(3)4/h11-12,14H,5-10H2,1-4H3. The Labute approximate surface area is 105 Å². The van der Waals surface area contributed by atoms with Gasteiger partial charge in [0.15, 0.2) is 0 Å². The lowest BCUT2D eigenvalue weighted by Gasteiger charge is -2.30. The summed E-state index contributed by atoms with van der Waals surface area (Å²) in [6.45, 7) is 7.57. The van der Waals surface area contributed by atoms with Gasteiger partial charge in [0.1, 0.15) is 0 Å². The highest BCUT2D eigenvalue weighted by atomic mass is 16.2. The van der Waals surface area contributed by atoms with Gasteiger partial charge in [-0.25, -0.2) is 0 Å². The number of nitrogens with zero attached hydrogens (tertiary/aromatic N) is 2. The minimum atomic E-state index is -0.0928. The molecule has 1 fully saturated rings. The van der Waals surface area contributed by atoms with Gasteiger partial charge in [-0.05, 0) is 39.8 Å². The Balaban J connectivity index is 2.27. The molecule has 1 N–H and O–H groups in total. The highest BCUT2D eigenvalue weighted by molar-refractivity contribution is 5.80. The Morgan fingerprint density at radius 1 is 1.24 bits per heavy atom. The van der Waals surface area contributed by atoms with Gasteiger partial charge in [-0.1, -0.05) is 6.42 Å². The summed E-state index contributed by atoms with van der Waals surface area (Å²) in [6.07, 6.45) is 4.01. The van der Waals surface area contributed by atoms with Crippen LogP contribution in [0.25, 0.3) is 0 Å². The molecule has 1 saturated heterocycles. The van der Waals surface area contributed by atoms with Crippen molar-refractivity contribution >= 4 is 5.91 Å². The van der Waals surface area contributed by atoms with Crippen LogP contribution in [-0.2, 0) is 4.79 Å². The predicted octanol–water partition coefficient (Wildman–Crippen LogP) is 0.927. The van der Waals surface area contributed by atoms with Gasteiger partial charge in [0.25, 0.3) is 0 Å². The number of piperidine rings is 1. The van der Waals surface area contributed by atoms with E-state index in [1.807, 2.05) is 6.92 Å². The summed E-state index contributed by atoms with van der Waals surface area (Å²) in [5.41, 5.74) is 0. The van der Waals surface area contributed by atoms with E-state index in [4.69, 9.17) is 0 Å². The molecular formula is C13H27N3O. The van der Waals surface area contributed by atoms with Crippen LogP contribution in [0.1, 0.15) is 33.1 Å². The first-order chi connectivity index (χ1) is 8.00. The maximum absolute atomic E-state index is 11.7. The molecule has 0 bridgehead atoms. The Hall–Kier alpha value is -0.610. The van der Waals surface area contributed by atoms with E-state index in [0.29, 0.717) is 6.04 Å². The summed E-state index contributed by atoms with van der Waals surface area (Å²) in [4.78, 5) is 15.9. The summed E-state index contributed by atoms with van der Waals surface area (Å²) in [7, 11) is 3.60. The number of rotatable bonds is 5. The van der Waals surface area contributed by atoms with Crippen molar-refractivity contribution < 1.29 is 4.79 Å². The fourth-order valence-corrected chi connectivity index (χ4v) is 2.47. The van der Waals surface area contributed by atoms with Crippen LogP contribution < -0.4 is 5.32 Å². The minimum absolute atomic E-state index is 0.0928. The van der Waals surface area contributed by atoms with Crippen LogP contribution in [0.5, 0.6) is 0 Å². The molecule has 1 aliphatic rings. The summed E-state index contributed by atoms with van der Waals surface area (Å²) in [6, 6.07) is 0.275. The molecule has 17 heavy (non-hydrogen) atoms. The number of likely N-dealkylation sites (N-methyl/N-ethyl adjacent to an activating group) is 1. The topological polar surface area (TPSA) is 35.6 Å². The Bertz CT molecular complexity index is 237. The molecule has 0 aliphatic carbocycles. The zero-order valence-corrected chi connectivity index (χ0v) is 11.7. The molecule has 0 aromatic rings.